The Morgan fingerprint density at radius 3 is 2.31 bits per heavy atom. The Labute approximate surface area is 169 Å². The maximum atomic E-state index is 11.3. The Bertz CT molecular complexity index is 1020. The maximum Gasteiger partial charge on any atom is 0.229 e. The lowest BCUT2D eigenvalue weighted by Crippen LogP contribution is -2.06. The lowest BCUT2D eigenvalue weighted by Gasteiger charge is -2.12. The number of hydrogen-bond donors (Lipinski definition) is 3. The smallest absolute Gasteiger partial charge is 0.229 e. The second-order valence-corrected chi connectivity index (χ2v) is 6.30. The average Bonchev–Trinajstić information content (AvgIpc) is 2.67. The molecule has 0 fully saturated rings. The van der Waals surface area contributed by atoms with Gasteiger partial charge in [0.25, 0.3) is 0 Å². The highest BCUT2D eigenvalue weighted by Gasteiger charge is 2.08. The zero-order valence-electron chi connectivity index (χ0n) is 16.7. The Balaban J connectivity index is 1.81. The van der Waals surface area contributed by atoms with Crippen LogP contribution in [0.15, 0.2) is 48.5 Å². The van der Waals surface area contributed by atoms with Gasteiger partial charge in [-0.25, -0.2) is 4.98 Å². The quantitative estimate of drug-likeness (QED) is 0.552. The summed E-state index contributed by atoms with van der Waals surface area (Å²) in [6.07, 6.45) is 0. The summed E-state index contributed by atoms with van der Waals surface area (Å²) in [4.78, 5) is 20.2. The molecule has 0 spiro atoms. The molecule has 2 aromatic carbocycles. The third-order valence-corrected chi connectivity index (χ3v) is 3.95. The first-order chi connectivity index (χ1) is 14.0. The molecular weight excluding hydrogens is 370 g/mol. The minimum atomic E-state index is -0.124. The van der Waals surface area contributed by atoms with Gasteiger partial charge < -0.3 is 25.4 Å². The minimum Gasteiger partial charge on any atom is -0.493 e. The van der Waals surface area contributed by atoms with Crippen molar-refractivity contribution in [1.29, 1.82) is 0 Å². The van der Waals surface area contributed by atoms with E-state index in [2.05, 4.69) is 25.9 Å². The predicted octanol–water partition coefficient (Wildman–Crippen LogP) is 4.25. The molecular formula is C21H23N5O3. The van der Waals surface area contributed by atoms with Crippen LogP contribution in [0.25, 0.3) is 0 Å². The van der Waals surface area contributed by atoms with Crippen LogP contribution in [0.1, 0.15) is 12.6 Å². The maximum absolute atomic E-state index is 11.3. The molecule has 0 saturated carbocycles. The number of hydrogen-bond acceptors (Lipinski definition) is 7. The summed E-state index contributed by atoms with van der Waals surface area (Å²) in [6.45, 7) is 3.36. The highest BCUT2D eigenvalue weighted by Crippen LogP contribution is 2.31. The normalized spacial score (nSPS) is 10.2. The van der Waals surface area contributed by atoms with Gasteiger partial charge in [0.1, 0.15) is 5.82 Å². The van der Waals surface area contributed by atoms with Crippen molar-refractivity contribution in [3.05, 3.63) is 54.2 Å². The summed E-state index contributed by atoms with van der Waals surface area (Å²) in [5.74, 6) is 2.20. The second kappa shape index (κ2) is 8.92. The third-order valence-electron chi connectivity index (χ3n) is 3.95. The molecule has 8 heteroatoms. The number of amides is 1. The zero-order chi connectivity index (χ0) is 20.8. The van der Waals surface area contributed by atoms with Crippen LogP contribution >= 0.6 is 0 Å². The van der Waals surface area contributed by atoms with Gasteiger partial charge in [-0.3, -0.25) is 4.79 Å². The largest absolute Gasteiger partial charge is 0.493 e. The van der Waals surface area contributed by atoms with Crippen LogP contribution in [-0.4, -0.2) is 30.1 Å². The molecule has 0 aliphatic heterocycles. The van der Waals surface area contributed by atoms with Gasteiger partial charge in [-0.2, -0.15) is 4.98 Å². The van der Waals surface area contributed by atoms with Crippen LogP contribution in [0.4, 0.5) is 28.8 Å². The molecule has 0 atom stereocenters. The number of aryl methyl sites for hydroxylation is 1. The number of carbonyl (C=O) groups is 1. The van der Waals surface area contributed by atoms with Crippen molar-refractivity contribution < 1.29 is 14.3 Å². The van der Waals surface area contributed by atoms with Crippen molar-refractivity contribution in [3.63, 3.8) is 0 Å². The van der Waals surface area contributed by atoms with Crippen molar-refractivity contribution in [3.8, 4) is 11.5 Å². The summed E-state index contributed by atoms with van der Waals surface area (Å²) in [7, 11) is 3.18. The molecule has 0 aliphatic carbocycles. The van der Waals surface area contributed by atoms with Gasteiger partial charge in [0.15, 0.2) is 11.5 Å². The van der Waals surface area contributed by atoms with Gasteiger partial charge in [0.05, 0.1) is 14.2 Å². The van der Waals surface area contributed by atoms with E-state index in [0.717, 1.165) is 17.1 Å². The van der Waals surface area contributed by atoms with Crippen LogP contribution in [0.2, 0.25) is 0 Å². The molecule has 1 aromatic heterocycles. The van der Waals surface area contributed by atoms with E-state index >= 15 is 0 Å². The second-order valence-electron chi connectivity index (χ2n) is 6.30. The van der Waals surface area contributed by atoms with Gasteiger partial charge in [-0.15, -0.1) is 0 Å². The van der Waals surface area contributed by atoms with E-state index in [9.17, 15) is 4.79 Å². The van der Waals surface area contributed by atoms with Crippen molar-refractivity contribution in [2.45, 2.75) is 13.8 Å². The van der Waals surface area contributed by atoms with Crippen molar-refractivity contribution in [2.75, 3.05) is 30.2 Å². The number of carbonyl (C=O) groups excluding carboxylic acids is 1. The fraction of sp³-hybridized carbons (Fsp3) is 0.190. The third kappa shape index (κ3) is 5.35. The molecule has 0 bridgehead atoms. The monoisotopic (exact) mass is 393 g/mol. The van der Waals surface area contributed by atoms with E-state index in [0.29, 0.717) is 29.0 Å². The molecule has 0 unspecified atom stereocenters. The first kappa shape index (κ1) is 19.9. The Kier molecular flexibility index (Phi) is 6.13. The summed E-state index contributed by atoms with van der Waals surface area (Å²) in [6, 6.07) is 14.7. The molecule has 3 N–H and O–H groups in total. The van der Waals surface area contributed by atoms with Crippen molar-refractivity contribution >= 4 is 34.7 Å². The Morgan fingerprint density at radius 1 is 0.862 bits per heavy atom. The highest BCUT2D eigenvalue weighted by atomic mass is 16.5. The molecule has 1 amide bonds. The van der Waals surface area contributed by atoms with Gasteiger partial charge in [0, 0.05) is 41.8 Å². The first-order valence-electron chi connectivity index (χ1n) is 8.96. The Morgan fingerprint density at radius 2 is 1.59 bits per heavy atom. The van der Waals surface area contributed by atoms with E-state index in [1.54, 1.807) is 14.2 Å². The van der Waals surface area contributed by atoms with Crippen LogP contribution in [-0.2, 0) is 4.79 Å². The van der Waals surface area contributed by atoms with Gasteiger partial charge >= 0.3 is 0 Å². The predicted molar refractivity (Wildman–Crippen MR) is 114 cm³/mol. The van der Waals surface area contributed by atoms with Crippen LogP contribution in [0.3, 0.4) is 0 Å². The number of rotatable bonds is 7. The average molecular weight is 393 g/mol. The summed E-state index contributed by atoms with van der Waals surface area (Å²) >= 11 is 0. The summed E-state index contributed by atoms with van der Waals surface area (Å²) in [5.41, 5.74) is 3.07. The lowest BCUT2D eigenvalue weighted by atomic mass is 10.2. The molecule has 3 aromatic rings. The molecule has 1 heterocycles. The number of nitrogens with zero attached hydrogens (tertiary/aromatic N) is 2. The lowest BCUT2D eigenvalue weighted by molar-refractivity contribution is -0.114. The number of methoxy groups -OCH3 is 2. The van der Waals surface area contributed by atoms with E-state index in [-0.39, 0.29) is 5.91 Å². The van der Waals surface area contributed by atoms with E-state index < -0.39 is 0 Å². The number of ether oxygens (including phenoxy) is 2. The number of benzene rings is 2. The Hall–Kier alpha value is -3.81. The van der Waals surface area contributed by atoms with Crippen LogP contribution < -0.4 is 25.4 Å². The molecule has 3 rings (SSSR count). The van der Waals surface area contributed by atoms with Gasteiger partial charge in [-0.1, -0.05) is 6.07 Å². The number of nitrogens with one attached hydrogen (secondary N) is 3. The van der Waals surface area contributed by atoms with Crippen molar-refractivity contribution in [1.82, 2.24) is 9.97 Å². The van der Waals surface area contributed by atoms with Crippen molar-refractivity contribution in [2.24, 2.45) is 0 Å². The molecule has 0 radical (unpaired) electrons. The van der Waals surface area contributed by atoms with E-state index in [1.807, 2.05) is 55.5 Å². The topological polar surface area (TPSA) is 97.4 Å². The summed E-state index contributed by atoms with van der Waals surface area (Å²) < 4.78 is 10.6. The van der Waals surface area contributed by atoms with E-state index in [1.165, 1.54) is 6.92 Å². The summed E-state index contributed by atoms with van der Waals surface area (Å²) in [5, 5.41) is 9.18. The molecule has 0 saturated heterocycles. The number of aromatic nitrogens is 2. The number of anilines is 5. The standard InChI is InChI=1S/C21H23N5O3/c1-13-10-20(24-16-7-5-6-15(11-16)23-14(2)27)26-21(22-13)25-17-8-9-18(28-3)19(12-17)29-4/h5-12H,1-4H3,(H,23,27)(H2,22,24,25,26). The molecule has 8 nitrogen and oxygen atoms in total. The SMILES string of the molecule is COc1ccc(Nc2nc(C)cc(Nc3cccc(NC(C)=O)c3)n2)cc1OC. The zero-order valence-corrected chi connectivity index (χ0v) is 16.7. The molecule has 0 aliphatic rings. The van der Waals surface area contributed by atoms with E-state index in [4.69, 9.17) is 9.47 Å². The van der Waals surface area contributed by atoms with Gasteiger partial charge in [-0.05, 0) is 37.3 Å². The fourth-order valence-electron chi connectivity index (χ4n) is 2.76. The highest BCUT2D eigenvalue weighted by molar-refractivity contribution is 5.89. The van der Waals surface area contributed by atoms with Gasteiger partial charge in [0.2, 0.25) is 11.9 Å². The van der Waals surface area contributed by atoms with Crippen LogP contribution in [0, 0.1) is 6.92 Å². The minimum absolute atomic E-state index is 0.124. The van der Waals surface area contributed by atoms with Crippen LogP contribution in [0.5, 0.6) is 11.5 Å². The molecule has 150 valence electrons. The molecule has 29 heavy (non-hydrogen) atoms. The fourth-order valence-corrected chi connectivity index (χ4v) is 2.76. The first-order valence-corrected chi connectivity index (χ1v) is 8.96.